The second-order valence-corrected chi connectivity index (χ2v) is 8.41. The van der Waals surface area contributed by atoms with Crippen molar-refractivity contribution in [3.8, 4) is 5.75 Å². The van der Waals surface area contributed by atoms with Crippen molar-refractivity contribution in [3.63, 3.8) is 0 Å². The van der Waals surface area contributed by atoms with Gasteiger partial charge >= 0.3 is 0 Å². The van der Waals surface area contributed by atoms with Gasteiger partial charge in [0.05, 0.1) is 24.8 Å². The van der Waals surface area contributed by atoms with E-state index in [1.165, 1.54) is 14.0 Å². The normalized spacial score (nSPS) is 13.0. The van der Waals surface area contributed by atoms with E-state index in [2.05, 4.69) is 10.5 Å². The number of carbonyl (C=O) groups is 1. The molecule has 9 heteroatoms. The molecule has 1 atom stereocenters. The van der Waals surface area contributed by atoms with Gasteiger partial charge in [-0.3, -0.25) is 9.10 Å². The maximum atomic E-state index is 12.5. The Hall–Kier alpha value is -2.58. The summed E-state index contributed by atoms with van der Waals surface area (Å²) in [6.07, 6.45) is 1.04. The van der Waals surface area contributed by atoms with Gasteiger partial charge in [-0.25, -0.2) is 13.8 Å². The fourth-order valence-corrected chi connectivity index (χ4v) is 3.83. The number of ether oxygens (including phenoxy) is 1. The number of nitrogens with one attached hydrogen (secondary N) is 1. The minimum atomic E-state index is -3.71. The number of amides is 1. The number of rotatable bonds is 7. The lowest BCUT2D eigenvalue weighted by molar-refractivity contribution is -0.121. The molecule has 0 aromatic heterocycles. The molecule has 0 fully saturated rings. The fourth-order valence-electron chi connectivity index (χ4n) is 2.53. The van der Waals surface area contributed by atoms with Crippen molar-refractivity contribution in [2.75, 3.05) is 17.7 Å². The molecular formula is C19H22ClN3O4S. The summed E-state index contributed by atoms with van der Waals surface area (Å²) in [5.41, 5.74) is 4.12. The first kappa shape index (κ1) is 21.7. The van der Waals surface area contributed by atoms with Gasteiger partial charge in [0.15, 0.2) is 0 Å². The van der Waals surface area contributed by atoms with Crippen molar-refractivity contribution in [2.45, 2.75) is 19.9 Å². The minimum Gasteiger partial charge on any atom is -0.497 e. The Labute approximate surface area is 170 Å². The Bertz CT molecular complexity index is 958. The van der Waals surface area contributed by atoms with Crippen LogP contribution in [0.2, 0.25) is 5.02 Å². The summed E-state index contributed by atoms with van der Waals surface area (Å²) in [6.45, 7) is 3.22. The number of halogens is 1. The number of anilines is 1. The van der Waals surface area contributed by atoms with Crippen LogP contribution in [0.15, 0.2) is 53.6 Å². The highest BCUT2D eigenvalue weighted by atomic mass is 35.5. The molecule has 0 radical (unpaired) electrons. The molecule has 0 bridgehead atoms. The van der Waals surface area contributed by atoms with Crippen LogP contribution in [-0.2, 0) is 14.8 Å². The van der Waals surface area contributed by atoms with E-state index in [0.717, 1.165) is 16.1 Å². The Morgan fingerprint density at radius 2 is 1.71 bits per heavy atom. The highest BCUT2D eigenvalue weighted by molar-refractivity contribution is 7.92. The van der Waals surface area contributed by atoms with Gasteiger partial charge in [-0.1, -0.05) is 23.7 Å². The molecule has 0 aliphatic heterocycles. The first-order valence-electron chi connectivity index (χ1n) is 8.37. The molecule has 28 heavy (non-hydrogen) atoms. The maximum Gasteiger partial charge on any atom is 0.263 e. The second kappa shape index (κ2) is 9.07. The average molecular weight is 424 g/mol. The molecule has 0 saturated heterocycles. The molecule has 0 unspecified atom stereocenters. The van der Waals surface area contributed by atoms with E-state index < -0.39 is 22.0 Å². The quantitative estimate of drug-likeness (QED) is 0.547. The largest absolute Gasteiger partial charge is 0.497 e. The van der Waals surface area contributed by atoms with Crippen LogP contribution < -0.4 is 14.5 Å². The van der Waals surface area contributed by atoms with Gasteiger partial charge < -0.3 is 4.74 Å². The molecule has 1 N–H and O–H groups in total. The van der Waals surface area contributed by atoms with Crippen LogP contribution in [0.5, 0.6) is 5.75 Å². The molecule has 2 rings (SSSR count). The van der Waals surface area contributed by atoms with Gasteiger partial charge in [0, 0.05) is 5.02 Å². The minimum absolute atomic E-state index is 0.351. The van der Waals surface area contributed by atoms with Crippen LogP contribution >= 0.6 is 11.6 Å². The van der Waals surface area contributed by atoms with E-state index in [0.29, 0.717) is 22.2 Å². The number of sulfonamides is 1. The number of benzene rings is 2. The van der Waals surface area contributed by atoms with Crippen LogP contribution in [0, 0.1) is 0 Å². The number of hydrazone groups is 1. The molecule has 2 aromatic carbocycles. The van der Waals surface area contributed by atoms with Crippen molar-refractivity contribution >= 4 is 38.9 Å². The van der Waals surface area contributed by atoms with Crippen molar-refractivity contribution in [2.24, 2.45) is 5.10 Å². The van der Waals surface area contributed by atoms with Crippen molar-refractivity contribution in [1.82, 2.24) is 5.43 Å². The van der Waals surface area contributed by atoms with Gasteiger partial charge in [0.25, 0.3) is 5.91 Å². The molecule has 0 spiro atoms. The van der Waals surface area contributed by atoms with Crippen LogP contribution in [0.4, 0.5) is 5.69 Å². The second-order valence-electron chi connectivity index (χ2n) is 6.11. The van der Waals surface area contributed by atoms with E-state index in [1.807, 2.05) is 0 Å². The summed E-state index contributed by atoms with van der Waals surface area (Å²) >= 11 is 5.86. The zero-order valence-electron chi connectivity index (χ0n) is 16.0. The van der Waals surface area contributed by atoms with E-state index in [-0.39, 0.29) is 0 Å². The third-order valence-electron chi connectivity index (χ3n) is 4.01. The van der Waals surface area contributed by atoms with Crippen LogP contribution in [0.25, 0.3) is 0 Å². The molecule has 0 aliphatic rings. The highest BCUT2D eigenvalue weighted by Crippen LogP contribution is 2.23. The lowest BCUT2D eigenvalue weighted by atomic mass is 10.1. The molecular weight excluding hydrogens is 402 g/mol. The SMILES string of the molecule is COc1ccc(N([C@@H](C)C(=O)N/N=C(/C)c2ccc(Cl)cc2)S(C)(=O)=O)cc1. The van der Waals surface area contributed by atoms with E-state index in [1.54, 1.807) is 55.5 Å². The summed E-state index contributed by atoms with van der Waals surface area (Å²) in [7, 11) is -2.19. The summed E-state index contributed by atoms with van der Waals surface area (Å²) < 4.78 is 30.7. The Kier molecular flexibility index (Phi) is 7.04. The Morgan fingerprint density at radius 3 is 2.21 bits per heavy atom. The first-order chi connectivity index (χ1) is 13.1. The number of hydrogen-bond acceptors (Lipinski definition) is 5. The molecule has 150 valence electrons. The van der Waals surface area contributed by atoms with Crippen molar-refractivity contribution in [3.05, 3.63) is 59.1 Å². The van der Waals surface area contributed by atoms with Gasteiger partial charge in [0.2, 0.25) is 10.0 Å². The summed E-state index contributed by atoms with van der Waals surface area (Å²) in [5, 5.41) is 4.66. The lowest BCUT2D eigenvalue weighted by Gasteiger charge is -2.27. The third-order valence-corrected chi connectivity index (χ3v) is 5.50. The maximum absolute atomic E-state index is 12.5. The molecule has 1 amide bonds. The predicted molar refractivity (Wildman–Crippen MR) is 112 cm³/mol. The standard InChI is InChI=1S/C19H22ClN3O4S/c1-13(15-5-7-16(20)8-6-15)21-22-19(24)14(2)23(28(4,25)26)17-9-11-18(27-3)12-10-17/h5-12,14H,1-4H3,(H,22,24)/b21-13-/t14-/m0/s1. The fraction of sp³-hybridized carbons (Fsp3) is 0.263. The smallest absolute Gasteiger partial charge is 0.263 e. The molecule has 0 aliphatic carbocycles. The van der Waals surface area contributed by atoms with Gasteiger partial charge in [-0.2, -0.15) is 5.10 Å². The van der Waals surface area contributed by atoms with Crippen LogP contribution in [-0.4, -0.2) is 39.4 Å². The molecule has 0 heterocycles. The summed E-state index contributed by atoms with van der Waals surface area (Å²) in [4.78, 5) is 12.5. The average Bonchev–Trinajstić information content (AvgIpc) is 2.66. The Morgan fingerprint density at radius 1 is 1.14 bits per heavy atom. The summed E-state index contributed by atoms with van der Waals surface area (Å²) in [6, 6.07) is 12.4. The first-order valence-corrected chi connectivity index (χ1v) is 10.6. The molecule has 2 aromatic rings. The van der Waals surface area contributed by atoms with Crippen molar-refractivity contribution < 1.29 is 17.9 Å². The van der Waals surface area contributed by atoms with Gasteiger partial charge in [-0.15, -0.1) is 0 Å². The number of hydrogen-bond donors (Lipinski definition) is 1. The number of carbonyl (C=O) groups excluding carboxylic acids is 1. The topological polar surface area (TPSA) is 88.1 Å². The zero-order chi connectivity index (χ0) is 20.9. The monoisotopic (exact) mass is 423 g/mol. The van der Waals surface area contributed by atoms with Crippen LogP contribution in [0.3, 0.4) is 0 Å². The molecule has 7 nitrogen and oxygen atoms in total. The van der Waals surface area contributed by atoms with E-state index in [4.69, 9.17) is 16.3 Å². The summed E-state index contributed by atoms with van der Waals surface area (Å²) in [5.74, 6) is 0.0204. The van der Waals surface area contributed by atoms with Gasteiger partial charge in [0.1, 0.15) is 11.8 Å². The molecule has 0 saturated carbocycles. The highest BCUT2D eigenvalue weighted by Gasteiger charge is 2.29. The van der Waals surface area contributed by atoms with Gasteiger partial charge in [-0.05, 0) is 55.8 Å². The predicted octanol–water partition coefficient (Wildman–Crippen LogP) is 3.04. The Balaban J connectivity index is 2.21. The van der Waals surface area contributed by atoms with E-state index in [9.17, 15) is 13.2 Å². The lowest BCUT2D eigenvalue weighted by Crippen LogP contribution is -2.46. The van der Waals surface area contributed by atoms with Crippen molar-refractivity contribution in [1.29, 1.82) is 0 Å². The van der Waals surface area contributed by atoms with E-state index >= 15 is 0 Å². The van der Waals surface area contributed by atoms with Crippen LogP contribution in [0.1, 0.15) is 19.4 Å². The zero-order valence-corrected chi connectivity index (χ0v) is 17.6. The third kappa shape index (κ3) is 5.46. The number of methoxy groups -OCH3 is 1. The number of nitrogens with zero attached hydrogens (tertiary/aromatic N) is 2.